The molecule has 0 aliphatic rings. The van der Waals surface area contributed by atoms with Crippen molar-refractivity contribution in [3.8, 4) is 5.75 Å². The summed E-state index contributed by atoms with van der Waals surface area (Å²) in [5.41, 5.74) is 1.10. The molecule has 1 aromatic carbocycles. The Bertz CT molecular complexity index is 385. The average molecular weight is 253 g/mol. The van der Waals surface area contributed by atoms with Crippen molar-refractivity contribution in [1.29, 1.82) is 0 Å². The zero-order valence-corrected chi connectivity index (χ0v) is 11.6. The van der Waals surface area contributed by atoms with Gasteiger partial charge in [-0.2, -0.15) is 0 Å². The molecule has 0 radical (unpaired) electrons. The molecule has 1 atom stereocenters. The van der Waals surface area contributed by atoms with Gasteiger partial charge in [-0.15, -0.1) is 0 Å². The van der Waals surface area contributed by atoms with Crippen LogP contribution in [0.5, 0.6) is 5.75 Å². The van der Waals surface area contributed by atoms with E-state index in [1.54, 1.807) is 13.3 Å². The molecule has 0 fully saturated rings. The van der Waals surface area contributed by atoms with E-state index in [2.05, 4.69) is 4.40 Å². The zero-order valence-electron chi connectivity index (χ0n) is 10.8. The minimum atomic E-state index is -1.18. The Kier molecular flexibility index (Phi) is 5.02. The van der Waals surface area contributed by atoms with E-state index in [4.69, 9.17) is 4.74 Å². The van der Waals surface area contributed by atoms with Gasteiger partial charge in [0.25, 0.3) is 0 Å². The van der Waals surface area contributed by atoms with Crippen molar-refractivity contribution < 1.29 is 9.29 Å². The van der Waals surface area contributed by atoms with Crippen LogP contribution in [0.1, 0.15) is 26.3 Å². The minimum absolute atomic E-state index is 0.301. The van der Waals surface area contributed by atoms with Gasteiger partial charge in [0.15, 0.2) is 0 Å². The van der Waals surface area contributed by atoms with Crippen LogP contribution in [0.15, 0.2) is 28.7 Å². The molecule has 4 heteroatoms. The lowest BCUT2D eigenvalue weighted by Gasteiger charge is -2.17. The number of hydrogen-bond acceptors (Lipinski definition) is 3. The summed E-state index contributed by atoms with van der Waals surface area (Å²) < 4.78 is 20.6. The van der Waals surface area contributed by atoms with Gasteiger partial charge in [-0.1, -0.05) is 16.5 Å². The van der Waals surface area contributed by atoms with Gasteiger partial charge in [-0.3, -0.25) is 0 Å². The number of ether oxygens (including phenoxy) is 1. The third kappa shape index (κ3) is 4.79. The first-order chi connectivity index (χ1) is 7.93. The van der Waals surface area contributed by atoms with Gasteiger partial charge in [-0.25, -0.2) is 0 Å². The second kappa shape index (κ2) is 6.07. The lowest BCUT2D eigenvalue weighted by molar-refractivity contribution is 0.414. The van der Waals surface area contributed by atoms with Crippen LogP contribution >= 0.6 is 0 Å². The van der Waals surface area contributed by atoms with Crippen molar-refractivity contribution in [2.24, 2.45) is 4.40 Å². The quantitative estimate of drug-likeness (QED) is 0.612. The molecule has 3 nitrogen and oxygen atoms in total. The average Bonchev–Trinajstić information content (AvgIpc) is 2.28. The lowest BCUT2D eigenvalue weighted by Crippen LogP contribution is -2.25. The predicted octanol–water partition coefficient (Wildman–Crippen LogP) is 2.77. The Morgan fingerprint density at radius 3 is 2.71 bits per heavy atom. The maximum atomic E-state index is 11.7. The van der Waals surface area contributed by atoms with Crippen molar-refractivity contribution in [2.75, 3.05) is 7.11 Å². The van der Waals surface area contributed by atoms with E-state index in [-0.39, 0.29) is 4.75 Å². The monoisotopic (exact) mass is 253 g/mol. The van der Waals surface area contributed by atoms with E-state index in [0.717, 1.165) is 11.3 Å². The Morgan fingerprint density at radius 2 is 2.12 bits per heavy atom. The largest absolute Gasteiger partial charge is 0.591 e. The first-order valence-corrected chi connectivity index (χ1v) is 6.61. The normalized spacial score (nSPS) is 13.9. The molecule has 1 rings (SSSR count). The van der Waals surface area contributed by atoms with Crippen LogP contribution in [-0.2, 0) is 17.8 Å². The molecular formula is C13H19NO2S. The number of benzene rings is 1. The lowest BCUT2D eigenvalue weighted by atomic mass is 10.1. The van der Waals surface area contributed by atoms with Crippen LogP contribution in [0.2, 0.25) is 0 Å². The molecule has 0 amide bonds. The Balaban J connectivity index is 2.58. The first-order valence-electron chi connectivity index (χ1n) is 5.51. The van der Waals surface area contributed by atoms with E-state index in [9.17, 15) is 4.55 Å². The number of hydrogen-bond donors (Lipinski definition) is 0. The summed E-state index contributed by atoms with van der Waals surface area (Å²) in [6.07, 6.45) is 2.37. The smallest absolute Gasteiger partial charge is 0.144 e. The maximum absolute atomic E-state index is 11.7. The molecule has 17 heavy (non-hydrogen) atoms. The van der Waals surface area contributed by atoms with Gasteiger partial charge in [0.05, 0.1) is 13.3 Å². The van der Waals surface area contributed by atoms with Crippen LogP contribution in [0.25, 0.3) is 0 Å². The van der Waals surface area contributed by atoms with Crippen LogP contribution in [-0.4, -0.2) is 22.6 Å². The van der Waals surface area contributed by atoms with Crippen LogP contribution in [0.3, 0.4) is 0 Å². The number of methoxy groups -OCH3 is 1. The Labute approximate surface area is 106 Å². The van der Waals surface area contributed by atoms with Crippen molar-refractivity contribution in [2.45, 2.75) is 31.9 Å². The summed E-state index contributed by atoms with van der Waals surface area (Å²) in [5.74, 6) is 0.827. The Hall–Kier alpha value is -1.00. The highest BCUT2D eigenvalue weighted by Crippen LogP contribution is 2.17. The molecule has 0 spiro atoms. The van der Waals surface area contributed by atoms with E-state index < -0.39 is 11.4 Å². The third-order valence-electron chi connectivity index (χ3n) is 2.16. The SMILES string of the molecule is COc1cccc(C/C=N\[S+]([O-])C(C)(C)C)c1. The van der Waals surface area contributed by atoms with Crippen LogP contribution < -0.4 is 4.74 Å². The molecule has 0 saturated carbocycles. The molecule has 0 aromatic heterocycles. The summed E-state index contributed by atoms with van der Waals surface area (Å²) in [7, 11) is 1.64. The second-order valence-corrected chi connectivity index (χ2v) is 6.64. The van der Waals surface area contributed by atoms with E-state index >= 15 is 0 Å². The molecule has 1 aromatic rings. The van der Waals surface area contributed by atoms with Gasteiger partial charge in [0.1, 0.15) is 21.9 Å². The fourth-order valence-corrected chi connectivity index (χ4v) is 1.69. The summed E-state index contributed by atoms with van der Waals surface area (Å²) in [6.45, 7) is 5.73. The summed E-state index contributed by atoms with van der Waals surface area (Å²) in [4.78, 5) is 0. The van der Waals surface area contributed by atoms with Crippen molar-refractivity contribution in [3.05, 3.63) is 29.8 Å². The topological polar surface area (TPSA) is 44.6 Å². The zero-order chi connectivity index (χ0) is 12.9. The maximum Gasteiger partial charge on any atom is 0.144 e. The third-order valence-corrected chi connectivity index (χ3v) is 3.54. The molecule has 1 unspecified atom stereocenters. The highest BCUT2D eigenvalue weighted by molar-refractivity contribution is 7.91. The molecule has 0 bridgehead atoms. The molecule has 0 heterocycles. The molecular weight excluding hydrogens is 234 g/mol. The van der Waals surface area contributed by atoms with Gasteiger partial charge in [-0.05, 0) is 38.5 Å². The van der Waals surface area contributed by atoms with E-state index in [1.165, 1.54) is 0 Å². The highest BCUT2D eigenvalue weighted by atomic mass is 32.2. The standard InChI is InChI=1S/C13H19NO2S/c1-13(2,3)17(15)14-9-8-11-6-5-7-12(10-11)16-4/h5-7,9-10H,8H2,1-4H3/b14-9-. The van der Waals surface area contributed by atoms with E-state index in [1.807, 2.05) is 45.0 Å². The fourth-order valence-electron chi connectivity index (χ4n) is 1.17. The van der Waals surface area contributed by atoms with Gasteiger partial charge in [0.2, 0.25) is 0 Å². The van der Waals surface area contributed by atoms with Crippen LogP contribution in [0.4, 0.5) is 0 Å². The molecule has 0 aliphatic heterocycles. The fraction of sp³-hybridized carbons (Fsp3) is 0.462. The molecule has 0 aliphatic carbocycles. The predicted molar refractivity (Wildman–Crippen MR) is 73.1 cm³/mol. The highest BCUT2D eigenvalue weighted by Gasteiger charge is 2.25. The summed E-state index contributed by atoms with van der Waals surface area (Å²) in [5, 5.41) is 0. The summed E-state index contributed by atoms with van der Waals surface area (Å²) in [6, 6.07) is 7.78. The van der Waals surface area contributed by atoms with E-state index in [0.29, 0.717) is 6.42 Å². The van der Waals surface area contributed by atoms with Gasteiger partial charge in [0, 0.05) is 6.42 Å². The number of rotatable bonds is 4. The first kappa shape index (κ1) is 14.1. The molecule has 94 valence electrons. The van der Waals surface area contributed by atoms with Gasteiger partial charge < -0.3 is 9.29 Å². The number of nitrogens with zero attached hydrogens (tertiary/aromatic N) is 1. The molecule has 0 N–H and O–H groups in total. The van der Waals surface area contributed by atoms with Crippen LogP contribution in [0, 0.1) is 0 Å². The van der Waals surface area contributed by atoms with Crippen molar-refractivity contribution in [1.82, 2.24) is 0 Å². The Morgan fingerprint density at radius 1 is 1.41 bits per heavy atom. The second-order valence-electron chi connectivity index (χ2n) is 4.71. The van der Waals surface area contributed by atoms with Crippen molar-refractivity contribution >= 4 is 17.6 Å². The van der Waals surface area contributed by atoms with Crippen molar-refractivity contribution in [3.63, 3.8) is 0 Å². The molecule has 0 saturated heterocycles. The minimum Gasteiger partial charge on any atom is -0.591 e. The summed E-state index contributed by atoms with van der Waals surface area (Å²) >= 11 is -1.18. The van der Waals surface area contributed by atoms with Gasteiger partial charge >= 0.3 is 0 Å².